The van der Waals surface area contributed by atoms with Gasteiger partial charge in [-0.1, -0.05) is 36.4 Å². The Hall–Kier alpha value is -3.00. The summed E-state index contributed by atoms with van der Waals surface area (Å²) in [7, 11) is 1.53. The van der Waals surface area contributed by atoms with E-state index in [-0.39, 0.29) is 5.69 Å². The van der Waals surface area contributed by atoms with Gasteiger partial charge in [0, 0.05) is 0 Å². The first kappa shape index (κ1) is 21.7. The van der Waals surface area contributed by atoms with Gasteiger partial charge in [-0.15, -0.1) is 0 Å². The lowest BCUT2D eigenvalue weighted by Crippen LogP contribution is -2.05. The van der Waals surface area contributed by atoms with Crippen molar-refractivity contribution in [2.24, 2.45) is 5.10 Å². The molecule has 0 atom stereocenters. The summed E-state index contributed by atoms with van der Waals surface area (Å²) >= 11 is 3.47. The molecule has 0 spiro atoms. The molecule has 3 aromatic rings. The van der Waals surface area contributed by atoms with Crippen LogP contribution < -0.4 is 14.9 Å². The Kier molecular flexibility index (Phi) is 6.99. The predicted octanol–water partition coefficient (Wildman–Crippen LogP) is 6.50. The van der Waals surface area contributed by atoms with Crippen LogP contribution in [-0.4, -0.2) is 13.3 Å². The monoisotopic (exact) mass is 478 g/mol. The van der Waals surface area contributed by atoms with Crippen molar-refractivity contribution in [2.75, 3.05) is 12.5 Å². The molecule has 0 radical (unpaired) electrons. The van der Waals surface area contributed by atoms with E-state index in [1.54, 1.807) is 12.1 Å². The van der Waals surface area contributed by atoms with Crippen LogP contribution in [0.3, 0.4) is 0 Å². The molecule has 0 saturated heterocycles. The first-order valence-electron chi connectivity index (χ1n) is 8.87. The number of alkyl halides is 3. The van der Waals surface area contributed by atoms with E-state index in [0.717, 1.165) is 17.7 Å². The van der Waals surface area contributed by atoms with Crippen LogP contribution in [0, 0.1) is 0 Å². The van der Waals surface area contributed by atoms with Gasteiger partial charge in [0.15, 0.2) is 11.5 Å². The van der Waals surface area contributed by atoms with E-state index in [1.807, 2.05) is 30.3 Å². The van der Waals surface area contributed by atoms with Crippen LogP contribution in [-0.2, 0) is 12.8 Å². The minimum atomic E-state index is -4.41. The van der Waals surface area contributed by atoms with Crippen molar-refractivity contribution in [3.8, 4) is 11.5 Å². The number of anilines is 1. The molecule has 0 saturated carbocycles. The third-order valence-electron chi connectivity index (χ3n) is 4.07. The molecule has 0 amide bonds. The Morgan fingerprint density at radius 1 is 1.03 bits per heavy atom. The molecule has 1 N–H and O–H groups in total. The van der Waals surface area contributed by atoms with Gasteiger partial charge >= 0.3 is 6.18 Å². The molecule has 0 bridgehead atoms. The van der Waals surface area contributed by atoms with Gasteiger partial charge in [0.25, 0.3) is 0 Å². The summed E-state index contributed by atoms with van der Waals surface area (Å²) < 4.78 is 50.3. The molecule has 0 unspecified atom stereocenters. The summed E-state index contributed by atoms with van der Waals surface area (Å²) in [5.41, 5.74) is 3.78. The van der Waals surface area contributed by atoms with Gasteiger partial charge in [-0.25, -0.2) is 0 Å². The van der Waals surface area contributed by atoms with Gasteiger partial charge in [-0.3, -0.25) is 5.43 Å². The van der Waals surface area contributed by atoms with Gasteiger partial charge < -0.3 is 9.47 Å². The Morgan fingerprint density at radius 3 is 2.50 bits per heavy atom. The van der Waals surface area contributed by atoms with E-state index in [2.05, 4.69) is 26.5 Å². The molecule has 156 valence electrons. The number of nitrogens with zero attached hydrogens (tertiary/aromatic N) is 1. The molecule has 30 heavy (non-hydrogen) atoms. The highest BCUT2D eigenvalue weighted by Crippen LogP contribution is 2.37. The number of hydrogen-bond acceptors (Lipinski definition) is 4. The van der Waals surface area contributed by atoms with Crippen molar-refractivity contribution in [3.63, 3.8) is 0 Å². The maximum atomic E-state index is 12.8. The summed E-state index contributed by atoms with van der Waals surface area (Å²) in [6.45, 7) is 0.375. The summed E-state index contributed by atoms with van der Waals surface area (Å²) in [5.74, 6) is 1.05. The van der Waals surface area contributed by atoms with Gasteiger partial charge in [-0.2, -0.15) is 18.3 Å². The summed E-state index contributed by atoms with van der Waals surface area (Å²) in [6.07, 6.45) is -2.93. The van der Waals surface area contributed by atoms with E-state index in [4.69, 9.17) is 9.47 Å². The maximum Gasteiger partial charge on any atom is 0.416 e. The number of ether oxygens (including phenoxy) is 2. The third kappa shape index (κ3) is 5.76. The van der Waals surface area contributed by atoms with E-state index < -0.39 is 11.7 Å². The fraction of sp³-hybridized carbons (Fsp3) is 0.136. The molecular weight excluding hydrogens is 461 g/mol. The molecule has 0 fully saturated rings. The normalized spacial score (nSPS) is 11.5. The smallest absolute Gasteiger partial charge is 0.416 e. The van der Waals surface area contributed by atoms with Crippen molar-refractivity contribution in [3.05, 3.63) is 87.9 Å². The van der Waals surface area contributed by atoms with Gasteiger partial charge in [-0.05, 0) is 57.4 Å². The highest BCUT2D eigenvalue weighted by Gasteiger charge is 2.30. The summed E-state index contributed by atoms with van der Waals surface area (Å²) in [6, 6.07) is 18.0. The maximum absolute atomic E-state index is 12.8. The highest BCUT2D eigenvalue weighted by molar-refractivity contribution is 9.10. The largest absolute Gasteiger partial charge is 0.493 e. The quantitative estimate of drug-likeness (QED) is 0.311. The van der Waals surface area contributed by atoms with Crippen LogP contribution in [0.25, 0.3) is 0 Å². The lowest BCUT2D eigenvalue weighted by Gasteiger charge is -2.13. The number of benzene rings is 3. The lowest BCUT2D eigenvalue weighted by molar-refractivity contribution is -0.137. The van der Waals surface area contributed by atoms with Crippen molar-refractivity contribution in [1.82, 2.24) is 0 Å². The minimum absolute atomic E-state index is 0.231. The summed E-state index contributed by atoms with van der Waals surface area (Å²) in [4.78, 5) is 0. The lowest BCUT2D eigenvalue weighted by atomic mass is 10.2. The van der Waals surface area contributed by atoms with Crippen molar-refractivity contribution < 1.29 is 22.6 Å². The zero-order chi connectivity index (χ0) is 21.6. The number of hydrazone groups is 1. The Bertz CT molecular complexity index is 1020. The third-order valence-corrected chi connectivity index (χ3v) is 4.66. The van der Waals surface area contributed by atoms with Crippen LogP contribution in [0.2, 0.25) is 0 Å². The number of halogens is 4. The molecule has 0 aliphatic heterocycles. The predicted molar refractivity (Wildman–Crippen MR) is 114 cm³/mol. The van der Waals surface area contributed by atoms with Crippen molar-refractivity contribution in [1.29, 1.82) is 0 Å². The van der Waals surface area contributed by atoms with Crippen LogP contribution in [0.15, 0.2) is 76.3 Å². The highest BCUT2D eigenvalue weighted by atomic mass is 79.9. The molecule has 0 aliphatic carbocycles. The molecular formula is C22H18BrF3N2O2. The fourth-order valence-corrected chi connectivity index (χ4v) is 3.20. The molecule has 0 heterocycles. The molecule has 3 aromatic carbocycles. The number of methoxy groups -OCH3 is 1. The number of rotatable bonds is 7. The second-order valence-electron chi connectivity index (χ2n) is 6.26. The average molecular weight is 479 g/mol. The van der Waals surface area contributed by atoms with Gasteiger partial charge in [0.1, 0.15) is 6.61 Å². The first-order chi connectivity index (χ1) is 14.4. The van der Waals surface area contributed by atoms with E-state index in [0.29, 0.717) is 28.1 Å². The van der Waals surface area contributed by atoms with Crippen molar-refractivity contribution >= 4 is 27.8 Å². The minimum Gasteiger partial charge on any atom is -0.493 e. The fourth-order valence-electron chi connectivity index (χ4n) is 2.63. The average Bonchev–Trinajstić information content (AvgIpc) is 2.73. The second kappa shape index (κ2) is 9.67. The standard InChI is InChI=1S/C22H18BrF3N2O2/c1-29-20-11-16(10-19(23)21(20)30-14-15-6-3-2-4-7-15)13-27-28-18-9-5-8-17(12-18)22(24,25)26/h2-13,28H,14H2,1H3. The van der Waals surface area contributed by atoms with E-state index in [9.17, 15) is 13.2 Å². The number of nitrogens with one attached hydrogen (secondary N) is 1. The van der Waals surface area contributed by atoms with Crippen LogP contribution >= 0.6 is 15.9 Å². The van der Waals surface area contributed by atoms with Crippen LogP contribution in [0.1, 0.15) is 16.7 Å². The van der Waals surface area contributed by atoms with Crippen LogP contribution in [0.4, 0.5) is 18.9 Å². The Balaban J connectivity index is 1.71. The van der Waals surface area contributed by atoms with Crippen molar-refractivity contribution in [2.45, 2.75) is 12.8 Å². The topological polar surface area (TPSA) is 42.8 Å². The molecule has 4 nitrogen and oxygen atoms in total. The Morgan fingerprint density at radius 2 is 1.80 bits per heavy atom. The van der Waals surface area contributed by atoms with E-state index >= 15 is 0 Å². The molecule has 0 aliphatic rings. The first-order valence-corrected chi connectivity index (χ1v) is 9.66. The zero-order valence-corrected chi connectivity index (χ0v) is 17.5. The zero-order valence-electron chi connectivity index (χ0n) is 15.9. The Labute approximate surface area is 180 Å². The molecule has 8 heteroatoms. The van der Waals surface area contributed by atoms with E-state index in [1.165, 1.54) is 25.5 Å². The molecule has 0 aromatic heterocycles. The van der Waals surface area contributed by atoms with Crippen LogP contribution in [0.5, 0.6) is 11.5 Å². The second-order valence-corrected chi connectivity index (χ2v) is 7.11. The molecule has 3 rings (SSSR count). The number of hydrogen-bond donors (Lipinski definition) is 1. The van der Waals surface area contributed by atoms with Gasteiger partial charge in [0.05, 0.1) is 29.0 Å². The van der Waals surface area contributed by atoms with Gasteiger partial charge in [0.2, 0.25) is 0 Å². The summed E-state index contributed by atoms with van der Waals surface area (Å²) in [5, 5.41) is 4.02. The SMILES string of the molecule is COc1cc(C=NNc2cccc(C(F)(F)F)c2)cc(Br)c1OCc1ccccc1.